The van der Waals surface area contributed by atoms with Crippen LogP contribution in [-0.2, 0) is 17.6 Å². The van der Waals surface area contributed by atoms with Crippen LogP contribution in [0.1, 0.15) is 37.0 Å². The van der Waals surface area contributed by atoms with E-state index in [0.717, 1.165) is 18.5 Å². The molecule has 1 aliphatic rings. The molecule has 5 heteroatoms. The summed E-state index contributed by atoms with van der Waals surface area (Å²) in [5, 5.41) is 11.9. The molecule has 2 aromatic rings. The molecule has 5 nitrogen and oxygen atoms in total. The van der Waals surface area contributed by atoms with Crippen molar-refractivity contribution in [3.05, 3.63) is 53.1 Å². The second kappa shape index (κ2) is 7.92. The third-order valence-corrected chi connectivity index (χ3v) is 4.41. The molecule has 2 aromatic carbocycles. The van der Waals surface area contributed by atoms with E-state index in [1.165, 1.54) is 17.5 Å². The van der Waals surface area contributed by atoms with Crippen LogP contribution >= 0.6 is 0 Å². The average Bonchev–Trinajstić information content (AvgIpc) is 3.11. The van der Waals surface area contributed by atoms with Gasteiger partial charge in [-0.05, 0) is 68.5 Å². The summed E-state index contributed by atoms with van der Waals surface area (Å²) in [6.45, 7) is 3.99. The number of hydrogen-bond donors (Lipinski definition) is 1. The van der Waals surface area contributed by atoms with Gasteiger partial charge >= 0.3 is 0 Å². The van der Waals surface area contributed by atoms with Gasteiger partial charge in [0.05, 0.1) is 18.2 Å². The van der Waals surface area contributed by atoms with Crippen molar-refractivity contribution in [2.75, 3.05) is 11.9 Å². The lowest BCUT2D eigenvalue weighted by atomic mass is 10.1. The van der Waals surface area contributed by atoms with Crippen molar-refractivity contribution in [2.24, 2.45) is 0 Å². The van der Waals surface area contributed by atoms with Gasteiger partial charge in [0.25, 0.3) is 5.91 Å². The van der Waals surface area contributed by atoms with Gasteiger partial charge < -0.3 is 14.8 Å². The first-order chi connectivity index (χ1) is 12.6. The Labute approximate surface area is 153 Å². The molecule has 26 heavy (non-hydrogen) atoms. The van der Waals surface area contributed by atoms with Crippen molar-refractivity contribution < 1.29 is 14.3 Å². The molecular weight excluding hydrogens is 328 g/mol. The minimum absolute atomic E-state index is 0.227. The molecule has 1 atom stereocenters. The monoisotopic (exact) mass is 350 g/mol. The molecular formula is C21H22N2O3. The molecule has 0 spiro atoms. The maximum absolute atomic E-state index is 12.5. The Hall–Kier alpha value is -3.00. The summed E-state index contributed by atoms with van der Waals surface area (Å²) in [5.74, 6) is 0.681. The lowest BCUT2D eigenvalue weighted by Crippen LogP contribution is -2.30. The van der Waals surface area contributed by atoms with Crippen LogP contribution in [0.5, 0.6) is 11.5 Å². The Morgan fingerprint density at radius 3 is 2.77 bits per heavy atom. The predicted molar refractivity (Wildman–Crippen MR) is 99.5 cm³/mol. The fourth-order valence-corrected chi connectivity index (χ4v) is 3.08. The molecule has 0 radical (unpaired) electrons. The number of hydrogen-bond acceptors (Lipinski definition) is 4. The zero-order valence-electron chi connectivity index (χ0n) is 15.0. The number of amides is 1. The number of benzene rings is 2. The van der Waals surface area contributed by atoms with E-state index in [9.17, 15) is 4.79 Å². The number of anilines is 1. The first-order valence-electron chi connectivity index (χ1n) is 8.87. The number of nitrogens with zero attached hydrogens (tertiary/aromatic N) is 1. The van der Waals surface area contributed by atoms with E-state index in [0.29, 0.717) is 23.7 Å². The number of fused-ring (bicyclic) bond motifs is 1. The van der Waals surface area contributed by atoms with Gasteiger partial charge in [-0.3, -0.25) is 4.79 Å². The van der Waals surface area contributed by atoms with Gasteiger partial charge in [0.1, 0.15) is 0 Å². The molecule has 0 fully saturated rings. The minimum atomic E-state index is -0.699. The van der Waals surface area contributed by atoms with Gasteiger partial charge in [0, 0.05) is 11.8 Å². The first-order valence-corrected chi connectivity index (χ1v) is 8.87. The van der Waals surface area contributed by atoms with E-state index < -0.39 is 6.10 Å². The average molecular weight is 350 g/mol. The third-order valence-electron chi connectivity index (χ3n) is 4.41. The molecule has 1 N–H and O–H groups in total. The number of carbonyl (C=O) groups excluding carboxylic acids is 1. The molecule has 134 valence electrons. The first kappa shape index (κ1) is 17.8. The van der Waals surface area contributed by atoms with Crippen molar-refractivity contribution >= 4 is 11.6 Å². The molecule has 0 aromatic heterocycles. The molecule has 0 aliphatic heterocycles. The summed E-state index contributed by atoms with van der Waals surface area (Å²) >= 11 is 0. The Balaban J connectivity index is 1.68. The van der Waals surface area contributed by atoms with Crippen LogP contribution in [0.25, 0.3) is 0 Å². The molecule has 1 aliphatic carbocycles. The molecule has 0 heterocycles. The lowest BCUT2D eigenvalue weighted by Gasteiger charge is -2.17. The summed E-state index contributed by atoms with van der Waals surface area (Å²) in [6.07, 6.45) is 2.65. The van der Waals surface area contributed by atoms with Gasteiger partial charge in [0.15, 0.2) is 17.6 Å². The number of rotatable bonds is 6. The quantitative estimate of drug-likeness (QED) is 0.859. The summed E-state index contributed by atoms with van der Waals surface area (Å²) in [6, 6.07) is 13.0. The van der Waals surface area contributed by atoms with Crippen LogP contribution in [0.15, 0.2) is 36.4 Å². The number of carbonyl (C=O) groups is 1. The predicted octanol–water partition coefficient (Wildman–Crippen LogP) is 3.85. The highest BCUT2D eigenvalue weighted by Gasteiger charge is 2.19. The maximum atomic E-state index is 12.5. The van der Waals surface area contributed by atoms with Gasteiger partial charge in [-0.25, -0.2) is 0 Å². The summed E-state index contributed by atoms with van der Waals surface area (Å²) < 4.78 is 11.3. The van der Waals surface area contributed by atoms with Crippen molar-refractivity contribution in [3.8, 4) is 17.6 Å². The molecule has 3 rings (SSSR count). The number of ether oxygens (including phenoxy) is 2. The largest absolute Gasteiger partial charge is 0.490 e. The van der Waals surface area contributed by atoms with Crippen molar-refractivity contribution in [1.82, 2.24) is 0 Å². The van der Waals surface area contributed by atoms with E-state index in [1.54, 1.807) is 25.1 Å². The second-order valence-electron chi connectivity index (χ2n) is 6.29. The lowest BCUT2D eigenvalue weighted by molar-refractivity contribution is -0.122. The van der Waals surface area contributed by atoms with Gasteiger partial charge in [-0.15, -0.1) is 0 Å². The number of nitriles is 1. The maximum Gasteiger partial charge on any atom is 0.265 e. The smallest absolute Gasteiger partial charge is 0.265 e. The highest BCUT2D eigenvalue weighted by molar-refractivity contribution is 5.94. The van der Waals surface area contributed by atoms with E-state index >= 15 is 0 Å². The van der Waals surface area contributed by atoms with Crippen LogP contribution in [0.3, 0.4) is 0 Å². The Morgan fingerprint density at radius 2 is 2.00 bits per heavy atom. The fraction of sp³-hybridized carbons (Fsp3) is 0.333. The molecule has 0 saturated heterocycles. The summed E-state index contributed by atoms with van der Waals surface area (Å²) in [4.78, 5) is 12.5. The van der Waals surface area contributed by atoms with E-state index in [-0.39, 0.29) is 5.91 Å². The van der Waals surface area contributed by atoms with Crippen molar-refractivity contribution in [2.45, 2.75) is 39.2 Å². The fourth-order valence-electron chi connectivity index (χ4n) is 3.08. The summed E-state index contributed by atoms with van der Waals surface area (Å²) in [7, 11) is 0. The van der Waals surface area contributed by atoms with Crippen LogP contribution < -0.4 is 14.8 Å². The molecule has 0 unspecified atom stereocenters. The van der Waals surface area contributed by atoms with Crippen molar-refractivity contribution in [3.63, 3.8) is 0 Å². The number of nitrogens with one attached hydrogen (secondary N) is 1. The molecule has 1 amide bonds. The molecule has 0 bridgehead atoms. The van der Waals surface area contributed by atoms with E-state index in [4.69, 9.17) is 14.7 Å². The SMILES string of the molecule is CCOc1cc(C#N)ccc1O[C@@H](C)C(=O)Nc1ccc2c(c1)CCC2. The normalized spacial score (nSPS) is 13.4. The zero-order valence-corrected chi connectivity index (χ0v) is 15.0. The second-order valence-corrected chi connectivity index (χ2v) is 6.29. The van der Waals surface area contributed by atoms with E-state index in [1.807, 2.05) is 19.1 Å². The highest BCUT2D eigenvalue weighted by Crippen LogP contribution is 2.30. The van der Waals surface area contributed by atoms with Gasteiger partial charge in [-0.1, -0.05) is 6.07 Å². The van der Waals surface area contributed by atoms with Gasteiger partial charge in [-0.2, -0.15) is 5.26 Å². The van der Waals surface area contributed by atoms with Crippen LogP contribution in [0, 0.1) is 11.3 Å². The van der Waals surface area contributed by atoms with Crippen LogP contribution in [0.2, 0.25) is 0 Å². The summed E-state index contributed by atoms with van der Waals surface area (Å²) in [5.41, 5.74) is 3.94. The number of aryl methyl sites for hydroxylation is 2. The Kier molecular flexibility index (Phi) is 5.43. The Morgan fingerprint density at radius 1 is 1.19 bits per heavy atom. The standard InChI is InChI=1S/C21H22N2O3/c1-3-25-20-11-15(13-22)7-10-19(20)26-14(2)21(24)23-18-9-8-16-5-4-6-17(16)12-18/h7-12,14H,3-6H2,1-2H3,(H,23,24)/t14-/m0/s1. The Bertz CT molecular complexity index is 855. The van der Waals surface area contributed by atoms with Crippen molar-refractivity contribution in [1.29, 1.82) is 5.26 Å². The van der Waals surface area contributed by atoms with E-state index in [2.05, 4.69) is 17.5 Å². The van der Waals surface area contributed by atoms with Crippen LogP contribution in [0.4, 0.5) is 5.69 Å². The van der Waals surface area contributed by atoms with Crippen LogP contribution in [-0.4, -0.2) is 18.6 Å². The topological polar surface area (TPSA) is 71.3 Å². The third kappa shape index (κ3) is 3.97. The highest BCUT2D eigenvalue weighted by atomic mass is 16.5. The van der Waals surface area contributed by atoms with Gasteiger partial charge in [0.2, 0.25) is 0 Å². The zero-order chi connectivity index (χ0) is 18.5. The molecule has 0 saturated carbocycles. The minimum Gasteiger partial charge on any atom is -0.490 e.